The highest BCUT2D eigenvalue weighted by Crippen LogP contribution is 2.39. The molecule has 1 unspecified atom stereocenters. The van der Waals surface area contributed by atoms with Crippen LogP contribution in [-0.4, -0.2) is 35.9 Å². The van der Waals surface area contributed by atoms with E-state index in [1.807, 2.05) is 0 Å². The highest BCUT2D eigenvalue weighted by molar-refractivity contribution is 5.93. The third kappa shape index (κ3) is 3.41. The number of amides is 1. The maximum Gasteiger partial charge on any atom is 0.251 e. The normalized spacial score (nSPS) is 32.2. The van der Waals surface area contributed by atoms with Crippen LogP contribution in [0.25, 0.3) is 0 Å². The minimum absolute atomic E-state index is 0.0517. The van der Waals surface area contributed by atoms with E-state index in [4.69, 9.17) is 9.47 Å². The Hall–Kier alpha value is -1.46. The number of hydrogen-bond acceptors (Lipinski definition) is 4. The average molecular weight is 290 g/mol. The first-order valence-corrected chi connectivity index (χ1v) is 7.67. The van der Waals surface area contributed by atoms with Gasteiger partial charge in [-0.2, -0.15) is 0 Å². The minimum atomic E-state index is -0.390. The minimum Gasteiger partial charge on any atom is -0.349 e. The van der Waals surface area contributed by atoms with Gasteiger partial charge in [-0.1, -0.05) is 6.92 Å². The topological polar surface area (TPSA) is 60.5 Å². The van der Waals surface area contributed by atoms with E-state index in [1.165, 1.54) is 0 Å². The van der Waals surface area contributed by atoms with Crippen molar-refractivity contribution in [3.8, 4) is 0 Å². The van der Waals surface area contributed by atoms with E-state index >= 15 is 0 Å². The number of nitrogens with zero attached hydrogens (tertiary/aromatic N) is 1. The van der Waals surface area contributed by atoms with E-state index in [-0.39, 0.29) is 12.0 Å². The van der Waals surface area contributed by atoms with Gasteiger partial charge in [0.05, 0.1) is 6.61 Å². The van der Waals surface area contributed by atoms with Crippen LogP contribution < -0.4 is 5.32 Å². The Morgan fingerprint density at radius 1 is 1.38 bits per heavy atom. The van der Waals surface area contributed by atoms with Gasteiger partial charge in [-0.3, -0.25) is 9.78 Å². The Kier molecular flexibility index (Phi) is 4.22. The summed E-state index contributed by atoms with van der Waals surface area (Å²) in [4.78, 5) is 15.9. The average Bonchev–Trinajstić information content (AvgIpc) is 2.92. The zero-order chi connectivity index (χ0) is 14.7. The van der Waals surface area contributed by atoms with Crippen LogP contribution in [0.1, 0.15) is 43.0 Å². The molecule has 1 aliphatic heterocycles. The third-order valence-corrected chi connectivity index (χ3v) is 4.38. The van der Waals surface area contributed by atoms with Gasteiger partial charge < -0.3 is 14.8 Å². The second kappa shape index (κ2) is 6.12. The van der Waals surface area contributed by atoms with Crippen molar-refractivity contribution >= 4 is 5.91 Å². The molecule has 21 heavy (non-hydrogen) atoms. The summed E-state index contributed by atoms with van der Waals surface area (Å²) in [5.41, 5.74) is 0.616. The van der Waals surface area contributed by atoms with Crippen LogP contribution in [0.5, 0.6) is 0 Å². The number of nitrogens with one attached hydrogen (secondary N) is 1. The smallest absolute Gasteiger partial charge is 0.251 e. The third-order valence-electron chi connectivity index (χ3n) is 4.38. The Balaban J connectivity index is 1.48. The second-order valence-corrected chi connectivity index (χ2v) is 6.09. The maximum atomic E-state index is 12.0. The molecule has 1 atom stereocenters. The standard InChI is InChI=1S/C16H22N2O3/c1-12-2-6-16(7-3-12)20-11-14(21-16)10-18-15(19)13-4-8-17-9-5-13/h4-5,8-9,12,14H,2-3,6-7,10-11H2,1H3,(H,18,19). The fourth-order valence-electron chi connectivity index (χ4n) is 2.99. The number of hydrogen-bond donors (Lipinski definition) is 1. The number of ether oxygens (including phenoxy) is 2. The quantitative estimate of drug-likeness (QED) is 0.926. The molecule has 2 aliphatic rings. The molecular weight excluding hydrogens is 268 g/mol. The molecular formula is C16H22N2O3. The number of aromatic nitrogens is 1. The van der Waals surface area contributed by atoms with Crippen LogP contribution in [0.15, 0.2) is 24.5 Å². The van der Waals surface area contributed by atoms with Crippen LogP contribution in [0.4, 0.5) is 0 Å². The molecule has 1 saturated heterocycles. The summed E-state index contributed by atoms with van der Waals surface area (Å²) in [7, 11) is 0. The number of carbonyl (C=O) groups excluding carboxylic acids is 1. The molecule has 1 spiro atoms. The Morgan fingerprint density at radius 3 is 2.81 bits per heavy atom. The van der Waals surface area contributed by atoms with Gasteiger partial charge in [-0.05, 0) is 30.9 Å². The second-order valence-electron chi connectivity index (χ2n) is 6.09. The molecule has 2 fully saturated rings. The molecule has 1 amide bonds. The molecule has 5 nitrogen and oxygen atoms in total. The first-order chi connectivity index (χ1) is 10.2. The predicted molar refractivity (Wildman–Crippen MR) is 77.8 cm³/mol. The molecule has 1 aromatic heterocycles. The maximum absolute atomic E-state index is 12.0. The first kappa shape index (κ1) is 14.5. The molecule has 1 N–H and O–H groups in total. The molecule has 0 aromatic carbocycles. The van der Waals surface area contributed by atoms with Crippen LogP contribution in [0.2, 0.25) is 0 Å². The largest absolute Gasteiger partial charge is 0.349 e. The van der Waals surface area contributed by atoms with E-state index in [9.17, 15) is 4.79 Å². The Labute approximate surface area is 125 Å². The van der Waals surface area contributed by atoms with Gasteiger partial charge in [-0.15, -0.1) is 0 Å². The lowest BCUT2D eigenvalue weighted by molar-refractivity contribution is -0.191. The highest BCUT2D eigenvalue weighted by Gasteiger charge is 2.43. The van der Waals surface area contributed by atoms with Crippen molar-refractivity contribution in [1.82, 2.24) is 10.3 Å². The Bertz CT molecular complexity index is 484. The van der Waals surface area contributed by atoms with E-state index in [2.05, 4.69) is 17.2 Å². The Morgan fingerprint density at radius 2 is 2.10 bits per heavy atom. The lowest BCUT2D eigenvalue weighted by Gasteiger charge is -2.34. The zero-order valence-electron chi connectivity index (χ0n) is 12.4. The zero-order valence-corrected chi connectivity index (χ0v) is 12.4. The fourth-order valence-corrected chi connectivity index (χ4v) is 2.99. The van der Waals surface area contributed by atoms with Crippen LogP contribution in [0.3, 0.4) is 0 Å². The molecule has 114 valence electrons. The summed E-state index contributed by atoms with van der Waals surface area (Å²) in [5, 5.41) is 2.90. The SMILES string of the molecule is CC1CCC2(CC1)OCC(CNC(=O)c1ccncc1)O2. The summed E-state index contributed by atoms with van der Waals surface area (Å²) in [6.07, 6.45) is 7.40. The summed E-state index contributed by atoms with van der Waals surface area (Å²) >= 11 is 0. The molecule has 0 bridgehead atoms. The van der Waals surface area contributed by atoms with Crippen molar-refractivity contribution in [2.24, 2.45) is 5.92 Å². The predicted octanol–water partition coefficient (Wildman–Crippen LogP) is 2.13. The molecule has 3 rings (SSSR count). The molecule has 5 heteroatoms. The molecule has 1 aliphatic carbocycles. The molecule has 1 saturated carbocycles. The van der Waals surface area contributed by atoms with Gasteiger partial charge in [0.25, 0.3) is 5.91 Å². The van der Waals surface area contributed by atoms with Crippen molar-refractivity contribution in [1.29, 1.82) is 0 Å². The van der Waals surface area contributed by atoms with Crippen molar-refractivity contribution < 1.29 is 14.3 Å². The number of pyridine rings is 1. The summed E-state index contributed by atoms with van der Waals surface area (Å²) < 4.78 is 12.0. The fraction of sp³-hybridized carbons (Fsp3) is 0.625. The van der Waals surface area contributed by atoms with E-state index < -0.39 is 5.79 Å². The first-order valence-electron chi connectivity index (χ1n) is 7.67. The van der Waals surface area contributed by atoms with Gasteiger partial charge in [0.2, 0.25) is 0 Å². The van der Waals surface area contributed by atoms with Gasteiger partial charge >= 0.3 is 0 Å². The van der Waals surface area contributed by atoms with Crippen LogP contribution in [-0.2, 0) is 9.47 Å². The molecule has 1 aromatic rings. The monoisotopic (exact) mass is 290 g/mol. The summed E-state index contributed by atoms with van der Waals surface area (Å²) in [6.45, 7) is 3.32. The molecule has 2 heterocycles. The van der Waals surface area contributed by atoms with Crippen molar-refractivity contribution in [3.63, 3.8) is 0 Å². The van der Waals surface area contributed by atoms with Gasteiger partial charge in [0, 0.05) is 37.3 Å². The van der Waals surface area contributed by atoms with Gasteiger partial charge in [0.1, 0.15) is 6.10 Å². The van der Waals surface area contributed by atoms with Gasteiger partial charge in [-0.25, -0.2) is 0 Å². The van der Waals surface area contributed by atoms with Crippen molar-refractivity contribution in [2.75, 3.05) is 13.2 Å². The van der Waals surface area contributed by atoms with Crippen molar-refractivity contribution in [2.45, 2.75) is 44.5 Å². The van der Waals surface area contributed by atoms with Gasteiger partial charge in [0.15, 0.2) is 5.79 Å². The van der Waals surface area contributed by atoms with E-state index in [0.29, 0.717) is 18.7 Å². The summed E-state index contributed by atoms with van der Waals surface area (Å²) in [5.74, 6) is 0.269. The van der Waals surface area contributed by atoms with Crippen molar-refractivity contribution in [3.05, 3.63) is 30.1 Å². The number of rotatable bonds is 3. The van der Waals surface area contributed by atoms with Crippen LogP contribution in [0, 0.1) is 5.92 Å². The lowest BCUT2D eigenvalue weighted by Crippen LogP contribution is -2.38. The number of carbonyl (C=O) groups is 1. The highest BCUT2D eigenvalue weighted by atomic mass is 16.7. The van der Waals surface area contributed by atoms with E-state index in [1.54, 1.807) is 24.5 Å². The van der Waals surface area contributed by atoms with Crippen LogP contribution >= 0.6 is 0 Å². The summed E-state index contributed by atoms with van der Waals surface area (Å²) in [6, 6.07) is 3.40. The lowest BCUT2D eigenvalue weighted by atomic mass is 9.86. The molecule has 0 radical (unpaired) electrons. The van der Waals surface area contributed by atoms with E-state index in [0.717, 1.165) is 31.6 Å².